The Morgan fingerprint density at radius 3 is 2.09 bits per heavy atom. The van der Waals surface area contributed by atoms with Crippen LogP contribution in [0.25, 0.3) is 0 Å². The van der Waals surface area contributed by atoms with Gasteiger partial charge in [-0.3, -0.25) is 15.4 Å². The van der Waals surface area contributed by atoms with Gasteiger partial charge in [-0.2, -0.15) is 16.8 Å². The molecule has 11 nitrogen and oxygen atoms in total. The van der Waals surface area contributed by atoms with Gasteiger partial charge in [0.2, 0.25) is 5.96 Å². The maximum atomic E-state index is 12.7. The number of aromatic amines is 1. The first kappa shape index (κ1) is 34.3. The summed E-state index contributed by atoms with van der Waals surface area (Å²) in [6, 6.07) is 15.4. The van der Waals surface area contributed by atoms with Gasteiger partial charge in [0, 0.05) is 29.2 Å². The van der Waals surface area contributed by atoms with Crippen molar-refractivity contribution in [3.8, 4) is 0 Å². The lowest BCUT2D eigenvalue weighted by Crippen LogP contribution is -2.47. The number of alkyl carbamates (subject to hydrolysis) is 2. The number of carbonyl (C=O) groups excluding carboxylic acids is 2. The van der Waals surface area contributed by atoms with Crippen LogP contribution in [-0.4, -0.2) is 50.1 Å². The normalized spacial score (nSPS) is 11.4. The van der Waals surface area contributed by atoms with Crippen LogP contribution in [0.1, 0.15) is 69.9 Å². The second kappa shape index (κ2) is 15.5. The quantitative estimate of drug-likeness (QED) is 0.155. The van der Waals surface area contributed by atoms with Gasteiger partial charge in [-0.1, -0.05) is 36.4 Å². The molecular weight excluding hydrogens is 580 g/mol. The number of aliphatic imine (C=N–C) groups is 1. The van der Waals surface area contributed by atoms with Gasteiger partial charge >= 0.3 is 12.2 Å². The third-order valence-electron chi connectivity index (χ3n) is 5.77. The van der Waals surface area contributed by atoms with Crippen LogP contribution < -0.4 is 16.2 Å². The lowest BCUT2D eigenvalue weighted by atomic mass is 10.0. The number of benzene rings is 1. The van der Waals surface area contributed by atoms with Gasteiger partial charge in [-0.15, -0.1) is 0 Å². The van der Waals surface area contributed by atoms with E-state index in [2.05, 4.69) is 42.7 Å². The summed E-state index contributed by atoms with van der Waals surface area (Å²) < 4.78 is 10.6. The molecule has 0 radical (unpaired) electrons. The second-order valence-electron chi connectivity index (χ2n) is 12.1. The minimum atomic E-state index is -0.787. The molecule has 2 amide bonds. The molecule has 0 aliphatic heterocycles. The number of aromatic nitrogens is 3. The number of pyridine rings is 1. The Kier molecular flexibility index (Phi) is 12.1. The van der Waals surface area contributed by atoms with Crippen LogP contribution in [0, 0.1) is 6.92 Å². The Balaban J connectivity index is 1.60. The summed E-state index contributed by atoms with van der Waals surface area (Å²) in [5.74, 6) is 2.05. The highest BCUT2D eigenvalue weighted by molar-refractivity contribution is 7.98. The molecule has 0 atom stereocenters. The fourth-order valence-electron chi connectivity index (χ4n) is 3.95. The number of nitrogens with one attached hydrogen (secondary N) is 3. The summed E-state index contributed by atoms with van der Waals surface area (Å²) in [4.78, 5) is 53.9. The summed E-state index contributed by atoms with van der Waals surface area (Å²) in [5.41, 5.74) is 1.83. The Hall–Kier alpha value is -4.19. The van der Waals surface area contributed by atoms with Crippen LogP contribution in [0.4, 0.5) is 15.4 Å². The maximum absolute atomic E-state index is 12.7. The Labute approximate surface area is 262 Å². The number of amides is 2. The maximum Gasteiger partial charge on any atom is 0.414 e. The van der Waals surface area contributed by atoms with Crippen LogP contribution in [0.3, 0.4) is 0 Å². The van der Waals surface area contributed by atoms with Crippen molar-refractivity contribution in [2.24, 2.45) is 4.99 Å². The van der Waals surface area contributed by atoms with E-state index in [-0.39, 0.29) is 17.3 Å². The molecule has 0 aliphatic carbocycles. The SMILES string of the molecule is Cc1nc(CCSCc2cccc(N=C(NC(=O)OC(C)(C)C)NC(=O)OC(C)(C)C)n2)[nH]c(=O)c1CCc1ccccc1. The van der Waals surface area contributed by atoms with E-state index in [0.29, 0.717) is 35.7 Å². The van der Waals surface area contributed by atoms with Crippen LogP contribution in [0.2, 0.25) is 0 Å². The van der Waals surface area contributed by atoms with Crippen LogP contribution >= 0.6 is 11.8 Å². The molecule has 3 N–H and O–H groups in total. The molecule has 0 bridgehead atoms. The van der Waals surface area contributed by atoms with Crippen molar-refractivity contribution in [3.05, 3.63) is 87.2 Å². The molecule has 3 aromatic rings. The van der Waals surface area contributed by atoms with Crippen LogP contribution in [0.15, 0.2) is 58.3 Å². The Morgan fingerprint density at radius 2 is 1.50 bits per heavy atom. The molecule has 0 fully saturated rings. The van der Waals surface area contributed by atoms with Crippen LogP contribution in [-0.2, 0) is 34.5 Å². The molecule has 44 heavy (non-hydrogen) atoms. The van der Waals surface area contributed by atoms with Crippen molar-refractivity contribution in [2.45, 2.75) is 84.7 Å². The number of nitrogens with zero attached hydrogens (tertiary/aromatic N) is 3. The summed E-state index contributed by atoms with van der Waals surface area (Å²) >= 11 is 1.63. The average molecular weight is 623 g/mol. The molecule has 0 saturated carbocycles. The predicted molar refractivity (Wildman–Crippen MR) is 173 cm³/mol. The minimum Gasteiger partial charge on any atom is -0.444 e. The number of ether oxygens (including phenoxy) is 2. The van der Waals surface area contributed by atoms with Crippen molar-refractivity contribution >= 4 is 35.7 Å². The monoisotopic (exact) mass is 622 g/mol. The highest BCUT2D eigenvalue weighted by Crippen LogP contribution is 2.16. The second-order valence-corrected chi connectivity index (χ2v) is 13.2. The first-order valence-corrected chi connectivity index (χ1v) is 15.6. The molecule has 3 rings (SSSR count). The fraction of sp³-hybridized carbons (Fsp3) is 0.438. The van der Waals surface area contributed by atoms with Gasteiger partial charge < -0.3 is 14.5 Å². The highest BCUT2D eigenvalue weighted by Gasteiger charge is 2.21. The van der Waals surface area contributed by atoms with Crippen molar-refractivity contribution in [3.63, 3.8) is 0 Å². The number of carbonyl (C=O) groups is 2. The van der Waals surface area contributed by atoms with E-state index in [0.717, 1.165) is 17.8 Å². The van der Waals surface area contributed by atoms with E-state index in [1.807, 2.05) is 31.2 Å². The molecule has 0 spiro atoms. The number of rotatable bonds is 9. The molecular formula is C32H42N6O5S. The van der Waals surface area contributed by atoms with Gasteiger partial charge in [0.15, 0.2) is 5.82 Å². The standard InChI is InChI=1S/C32H42N6O5S/c1-21-24(17-16-22-12-9-8-10-13-22)27(39)35-26(33-21)18-19-44-20-23-14-11-15-25(34-23)36-28(37-29(40)42-31(2,3)4)38-30(41)43-32(5,6)7/h8-15H,16-20H2,1-7H3,(H,33,35,39)(H2,34,36,37,38,40,41). The molecule has 236 valence electrons. The number of H-pyrrole nitrogens is 1. The molecule has 0 aliphatic rings. The van der Waals surface area contributed by atoms with E-state index in [1.54, 1.807) is 65.4 Å². The topological polar surface area (TPSA) is 148 Å². The van der Waals surface area contributed by atoms with Gasteiger partial charge in [-0.25, -0.2) is 19.6 Å². The number of thioether (sulfide) groups is 1. The first-order valence-electron chi connectivity index (χ1n) is 14.4. The van der Waals surface area contributed by atoms with E-state index < -0.39 is 23.4 Å². The lowest BCUT2D eigenvalue weighted by Gasteiger charge is -2.22. The van der Waals surface area contributed by atoms with Gasteiger partial charge in [-0.05, 0) is 79.0 Å². The largest absolute Gasteiger partial charge is 0.444 e. The van der Waals surface area contributed by atoms with Crippen molar-refractivity contribution < 1.29 is 19.1 Å². The van der Waals surface area contributed by atoms with E-state index in [4.69, 9.17) is 9.47 Å². The van der Waals surface area contributed by atoms with E-state index in [9.17, 15) is 14.4 Å². The summed E-state index contributed by atoms with van der Waals surface area (Å²) in [7, 11) is 0. The van der Waals surface area contributed by atoms with Crippen molar-refractivity contribution in [2.75, 3.05) is 5.75 Å². The van der Waals surface area contributed by atoms with Crippen molar-refractivity contribution in [1.29, 1.82) is 0 Å². The highest BCUT2D eigenvalue weighted by atomic mass is 32.2. The zero-order valence-electron chi connectivity index (χ0n) is 26.4. The van der Waals surface area contributed by atoms with Crippen molar-refractivity contribution in [1.82, 2.24) is 25.6 Å². The van der Waals surface area contributed by atoms with E-state index in [1.165, 1.54) is 5.56 Å². The third kappa shape index (κ3) is 12.6. The number of hydrogen-bond donors (Lipinski definition) is 3. The zero-order chi connectivity index (χ0) is 32.3. The fourth-order valence-corrected chi connectivity index (χ4v) is 4.80. The average Bonchev–Trinajstić information content (AvgIpc) is 2.89. The van der Waals surface area contributed by atoms with E-state index >= 15 is 0 Å². The molecule has 2 heterocycles. The molecule has 12 heteroatoms. The summed E-state index contributed by atoms with van der Waals surface area (Å²) in [6.07, 6.45) is 0.449. The number of aryl methyl sites for hydroxylation is 3. The van der Waals surface area contributed by atoms with Gasteiger partial charge in [0.1, 0.15) is 17.0 Å². The first-order chi connectivity index (χ1) is 20.7. The molecule has 0 unspecified atom stereocenters. The van der Waals surface area contributed by atoms with Crippen LogP contribution in [0.5, 0.6) is 0 Å². The Morgan fingerprint density at radius 1 is 0.864 bits per heavy atom. The number of hydrogen-bond acceptors (Lipinski definition) is 9. The summed E-state index contributed by atoms with van der Waals surface area (Å²) in [5, 5.41) is 4.91. The zero-order valence-corrected chi connectivity index (χ0v) is 27.3. The summed E-state index contributed by atoms with van der Waals surface area (Å²) in [6.45, 7) is 12.2. The van der Waals surface area contributed by atoms with Gasteiger partial charge in [0.25, 0.3) is 5.56 Å². The number of guanidine groups is 1. The molecule has 0 saturated heterocycles. The smallest absolute Gasteiger partial charge is 0.414 e. The molecule has 2 aromatic heterocycles. The van der Waals surface area contributed by atoms with Gasteiger partial charge in [0.05, 0.1) is 5.69 Å². The molecule has 1 aromatic carbocycles. The predicted octanol–water partition coefficient (Wildman–Crippen LogP) is 5.77. The minimum absolute atomic E-state index is 0.0866. The lowest BCUT2D eigenvalue weighted by molar-refractivity contribution is 0.0545. The Bertz CT molecular complexity index is 1480. The third-order valence-corrected chi connectivity index (χ3v) is 6.76.